The van der Waals surface area contributed by atoms with E-state index in [0.717, 1.165) is 32.4 Å². The summed E-state index contributed by atoms with van der Waals surface area (Å²) in [7, 11) is 0. The van der Waals surface area contributed by atoms with Crippen molar-refractivity contribution in [3.8, 4) is 0 Å². The molecule has 1 aliphatic heterocycles. The Labute approximate surface area is 108 Å². The van der Waals surface area contributed by atoms with Crippen LogP contribution in [0.15, 0.2) is 30.3 Å². The largest absolute Gasteiger partial charge is 0.480 e. The van der Waals surface area contributed by atoms with Crippen LogP contribution in [-0.4, -0.2) is 35.1 Å². The van der Waals surface area contributed by atoms with E-state index in [1.807, 2.05) is 18.2 Å². The molecule has 98 valence electrons. The minimum atomic E-state index is -0.672. The van der Waals surface area contributed by atoms with Gasteiger partial charge < -0.3 is 5.11 Å². The lowest BCUT2D eigenvalue weighted by Gasteiger charge is -2.35. The molecule has 1 fully saturated rings. The molecule has 1 N–H and O–H groups in total. The highest BCUT2D eigenvalue weighted by atomic mass is 16.4. The fourth-order valence-electron chi connectivity index (χ4n) is 2.63. The van der Waals surface area contributed by atoms with Gasteiger partial charge in [-0.05, 0) is 37.3 Å². The molecule has 2 unspecified atom stereocenters. The highest BCUT2D eigenvalue weighted by Crippen LogP contribution is 2.22. The maximum Gasteiger partial charge on any atom is 0.320 e. The van der Waals surface area contributed by atoms with E-state index >= 15 is 0 Å². The van der Waals surface area contributed by atoms with Gasteiger partial charge in [0.05, 0.1) is 0 Å². The molecule has 18 heavy (non-hydrogen) atoms. The molecule has 1 aromatic rings. The van der Waals surface area contributed by atoms with Crippen LogP contribution >= 0.6 is 0 Å². The van der Waals surface area contributed by atoms with Gasteiger partial charge >= 0.3 is 5.97 Å². The minimum Gasteiger partial charge on any atom is -0.480 e. The molecule has 0 bridgehead atoms. The summed E-state index contributed by atoms with van der Waals surface area (Å²) in [6, 6.07) is 9.97. The van der Waals surface area contributed by atoms with Crippen molar-refractivity contribution in [3.05, 3.63) is 35.9 Å². The van der Waals surface area contributed by atoms with Crippen LogP contribution in [0.1, 0.15) is 25.3 Å². The number of hydrogen-bond donors (Lipinski definition) is 1. The second-order valence-electron chi connectivity index (χ2n) is 5.26. The van der Waals surface area contributed by atoms with Gasteiger partial charge in [-0.1, -0.05) is 37.3 Å². The van der Waals surface area contributed by atoms with Crippen molar-refractivity contribution in [2.75, 3.05) is 13.1 Å². The van der Waals surface area contributed by atoms with Crippen molar-refractivity contribution in [2.45, 2.75) is 32.2 Å². The van der Waals surface area contributed by atoms with Gasteiger partial charge in [0.1, 0.15) is 6.04 Å². The first-order chi connectivity index (χ1) is 8.66. The van der Waals surface area contributed by atoms with Gasteiger partial charge in [0.25, 0.3) is 0 Å². The molecule has 0 saturated carbocycles. The van der Waals surface area contributed by atoms with Crippen LogP contribution in [0.2, 0.25) is 0 Å². The summed E-state index contributed by atoms with van der Waals surface area (Å²) in [6.45, 7) is 3.89. The maximum atomic E-state index is 11.3. The van der Waals surface area contributed by atoms with Crippen LogP contribution in [0.5, 0.6) is 0 Å². The Morgan fingerprint density at radius 1 is 1.39 bits per heavy atom. The smallest absolute Gasteiger partial charge is 0.320 e. The average molecular weight is 247 g/mol. The normalized spacial score (nSPS) is 24.9. The highest BCUT2D eigenvalue weighted by molar-refractivity contribution is 5.73. The summed E-state index contributed by atoms with van der Waals surface area (Å²) in [5.41, 5.74) is 1.28. The van der Waals surface area contributed by atoms with E-state index in [1.165, 1.54) is 5.56 Å². The first-order valence-corrected chi connectivity index (χ1v) is 6.67. The first-order valence-electron chi connectivity index (χ1n) is 6.67. The predicted octanol–water partition coefficient (Wildman–Crippen LogP) is 2.41. The van der Waals surface area contributed by atoms with Crippen LogP contribution in [0, 0.1) is 5.92 Å². The van der Waals surface area contributed by atoms with Crippen LogP contribution in [0.3, 0.4) is 0 Å². The standard InChI is InChI=1S/C15H21NO2/c1-12-7-9-16(14(11-12)15(17)18)10-8-13-5-3-2-4-6-13/h2-6,12,14H,7-11H2,1H3,(H,17,18). The first kappa shape index (κ1) is 13.1. The van der Waals surface area contributed by atoms with Crippen LogP contribution in [0.25, 0.3) is 0 Å². The van der Waals surface area contributed by atoms with Crippen molar-refractivity contribution < 1.29 is 9.90 Å². The minimum absolute atomic E-state index is 0.294. The maximum absolute atomic E-state index is 11.3. The summed E-state index contributed by atoms with van der Waals surface area (Å²) in [5.74, 6) is -0.145. The number of nitrogens with zero attached hydrogens (tertiary/aromatic N) is 1. The van der Waals surface area contributed by atoms with E-state index in [0.29, 0.717) is 5.92 Å². The van der Waals surface area contributed by atoms with E-state index in [1.54, 1.807) is 0 Å². The lowest BCUT2D eigenvalue weighted by atomic mass is 9.92. The molecule has 0 amide bonds. The Morgan fingerprint density at radius 3 is 2.78 bits per heavy atom. The Bertz CT molecular complexity index is 391. The number of carbonyl (C=O) groups is 1. The summed E-state index contributed by atoms with van der Waals surface area (Å²) in [4.78, 5) is 13.4. The number of aliphatic carboxylic acids is 1. The Balaban J connectivity index is 1.93. The summed E-state index contributed by atoms with van der Waals surface area (Å²) in [5, 5.41) is 9.28. The van der Waals surface area contributed by atoms with Crippen molar-refractivity contribution in [3.63, 3.8) is 0 Å². The molecule has 0 spiro atoms. The van der Waals surface area contributed by atoms with Crippen LogP contribution in [0.4, 0.5) is 0 Å². The zero-order valence-corrected chi connectivity index (χ0v) is 10.9. The monoisotopic (exact) mass is 247 g/mol. The fraction of sp³-hybridized carbons (Fsp3) is 0.533. The molecule has 1 aliphatic rings. The number of carboxylic acid groups (broad SMARTS) is 1. The molecule has 3 nitrogen and oxygen atoms in total. The third-order valence-electron chi connectivity index (χ3n) is 3.79. The van der Waals surface area contributed by atoms with Crippen molar-refractivity contribution in [1.82, 2.24) is 4.90 Å². The van der Waals surface area contributed by atoms with Gasteiger partial charge in [-0.15, -0.1) is 0 Å². The number of likely N-dealkylation sites (tertiary alicyclic amines) is 1. The molecule has 0 aromatic heterocycles. The zero-order valence-electron chi connectivity index (χ0n) is 10.9. The second kappa shape index (κ2) is 6.01. The SMILES string of the molecule is CC1CCN(CCc2ccccc2)C(C(=O)O)C1. The van der Waals surface area contributed by atoms with Gasteiger partial charge in [-0.2, -0.15) is 0 Å². The third kappa shape index (κ3) is 3.33. The van der Waals surface area contributed by atoms with Gasteiger partial charge in [0.2, 0.25) is 0 Å². The summed E-state index contributed by atoms with van der Waals surface area (Å²) >= 11 is 0. The van der Waals surface area contributed by atoms with E-state index in [-0.39, 0.29) is 6.04 Å². The quantitative estimate of drug-likeness (QED) is 0.888. The van der Waals surface area contributed by atoms with Crippen molar-refractivity contribution in [2.24, 2.45) is 5.92 Å². The third-order valence-corrected chi connectivity index (χ3v) is 3.79. The Kier molecular flexibility index (Phi) is 4.37. The topological polar surface area (TPSA) is 40.5 Å². The van der Waals surface area contributed by atoms with Gasteiger partial charge in [-0.3, -0.25) is 9.69 Å². The molecule has 0 radical (unpaired) electrons. The van der Waals surface area contributed by atoms with Gasteiger partial charge in [-0.25, -0.2) is 0 Å². The van der Waals surface area contributed by atoms with E-state index in [2.05, 4.69) is 24.0 Å². The molecular formula is C15H21NO2. The number of hydrogen-bond acceptors (Lipinski definition) is 2. The average Bonchev–Trinajstić information content (AvgIpc) is 2.38. The number of rotatable bonds is 4. The van der Waals surface area contributed by atoms with Crippen LogP contribution in [-0.2, 0) is 11.2 Å². The Hall–Kier alpha value is -1.35. The highest BCUT2D eigenvalue weighted by Gasteiger charge is 2.31. The van der Waals surface area contributed by atoms with Gasteiger partial charge in [0.15, 0.2) is 0 Å². The van der Waals surface area contributed by atoms with E-state index in [4.69, 9.17) is 0 Å². The van der Waals surface area contributed by atoms with Gasteiger partial charge in [0, 0.05) is 6.54 Å². The molecule has 3 heteroatoms. The van der Waals surface area contributed by atoms with Crippen molar-refractivity contribution in [1.29, 1.82) is 0 Å². The van der Waals surface area contributed by atoms with E-state index in [9.17, 15) is 9.90 Å². The van der Waals surface area contributed by atoms with E-state index < -0.39 is 5.97 Å². The lowest BCUT2D eigenvalue weighted by Crippen LogP contribution is -2.47. The zero-order chi connectivity index (χ0) is 13.0. The fourth-order valence-corrected chi connectivity index (χ4v) is 2.63. The molecule has 2 atom stereocenters. The second-order valence-corrected chi connectivity index (χ2v) is 5.26. The summed E-state index contributed by atoms with van der Waals surface area (Å²) in [6.07, 6.45) is 2.82. The molecule has 1 heterocycles. The molecule has 1 aromatic carbocycles. The van der Waals surface area contributed by atoms with Crippen LogP contribution < -0.4 is 0 Å². The lowest BCUT2D eigenvalue weighted by molar-refractivity contribution is -0.145. The molecular weight excluding hydrogens is 226 g/mol. The number of benzene rings is 1. The predicted molar refractivity (Wildman–Crippen MR) is 71.5 cm³/mol. The number of piperidine rings is 1. The molecule has 2 rings (SSSR count). The molecule has 0 aliphatic carbocycles. The number of carboxylic acids is 1. The molecule has 1 saturated heterocycles. The Morgan fingerprint density at radius 2 is 2.11 bits per heavy atom. The summed E-state index contributed by atoms with van der Waals surface area (Å²) < 4.78 is 0. The van der Waals surface area contributed by atoms with Crippen molar-refractivity contribution >= 4 is 5.97 Å².